The topological polar surface area (TPSA) is 12.0 Å². The van der Waals surface area contributed by atoms with Crippen molar-refractivity contribution >= 4 is 33.2 Å². The maximum absolute atomic E-state index is 12.9. The Hall–Kier alpha value is -1.27. The summed E-state index contributed by atoms with van der Waals surface area (Å²) in [6.07, 6.45) is -4.41. The van der Waals surface area contributed by atoms with Crippen molar-refractivity contribution in [1.29, 1.82) is 0 Å². The van der Waals surface area contributed by atoms with Gasteiger partial charge in [0.2, 0.25) is 0 Å². The van der Waals surface area contributed by atoms with E-state index < -0.39 is 17.6 Å². The zero-order valence-corrected chi connectivity index (χ0v) is 12.8. The van der Waals surface area contributed by atoms with Crippen LogP contribution in [0.2, 0.25) is 5.02 Å². The number of halogens is 6. The number of anilines is 1. The molecule has 0 aliphatic carbocycles. The van der Waals surface area contributed by atoms with E-state index in [-0.39, 0.29) is 17.3 Å². The van der Waals surface area contributed by atoms with Crippen LogP contribution in [0.1, 0.15) is 11.1 Å². The Morgan fingerprint density at radius 3 is 2.43 bits per heavy atom. The normalized spacial score (nSPS) is 11.5. The number of alkyl halides is 3. The molecule has 0 bridgehead atoms. The van der Waals surface area contributed by atoms with E-state index in [9.17, 15) is 17.6 Å². The smallest absolute Gasteiger partial charge is 0.380 e. The second kappa shape index (κ2) is 6.23. The van der Waals surface area contributed by atoms with Crippen LogP contribution in [-0.4, -0.2) is 0 Å². The minimum absolute atomic E-state index is 0.180. The van der Waals surface area contributed by atoms with Crippen molar-refractivity contribution in [3.8, 4) is 0 Å². The van der Waals surface area contributed by atoms with Crippen LogP contribution in [-0.2, 0) is 12.7 Å². The summed E-state index contributed by atoms with van der Waals surface area (Å²) in [7, 11) is 0. The van der Waals surface area contributed by atoms with Crippen molar-refractivity contribution < 1.29 is 17.6 Å². The highest BCUT2D eigenvalue weighted by Crippen LogP contribution is 2.34. The number of benzene rings is 2. The second-order valence-corrected chi connectivity index (χ2v) is 5.54. The van der Waals surface area contributed by atoms with Crippen LogP contribution in [0.5, 0.6) is 0 Å². The molecule has 0 spiro atoms. The molecule has 0 saturated heterocycles. The Morgan fingerprint density at radius 1 is 1.10 bits per heavy atom. The molecular weight excluding hydrogens is 374 g/mol. The Bertz CT molecular complexity index is 658. The lowest BCUT2D eigenvalue weighted by Gasteiger charge is -2.13. The van der Waals surface area contributed by atoms with E-state index in [1.165, 1.54) is 18.2 Å². The van der Waals surface area contributed by atoms with Crippen LogP contribution < -0.4 is 5.32 Å². The van der Waals surface area contributed by atoms with Gasteiger partial charge in [0, 0.05) is 21.7 Å². The molecule has 0 atom stereocenters. The van der Waals surface area contributed by atoms with Gasteiger partial charge in [0.25, 0.3) is 0 Å². The number of nitrogens with one attached hydrogen (secondary N) is 1. The average molecular weight is 383 g/mol. The Morgan fingerprint density at radius 2 is 1.81 bits per heavy atom. The Balaban J connectivity index is 2.19. The van der Waals surface area contributed by atoms with E-state index in [0.717, 1.165) is 18.2 Å². The molecule has 1 nitrogen and oxygen atoms in total. The molecule has 0 aliphatic heterocycles. The van der Waals surface area contributed by atoms with Crippen LogP contribution in [0.15, 0.2) is 40.9 Å². The fourth-order valence-electron chi connectivity index (χ4n) is 1.69. The lowest BCUT2D eigenvalue weighted by molar-refractivity contribution is -0.137. The van der Waals surface area contributed by atoms with Gasteiger partial charge >= 0.3 is 6.18 Å². The summed E-state index contributed by atoms with van der Waals surface area (Å²) in [6, 6.07) is 7.18. The zero-order valence-electron chi connectivity index (χ0n) is 10.4. The van der Waals surface area contributed by atoms with Gasteiger partial charge in [-0.1, -0.05) is 17.7 Å². The summed E-state index contributed by atoms with van der Waals surface area (Å²) in [5.74, 6) is -0.469. The molecule has 0 radical (unpaired) electrons. The molecule has 0 fully saturated rings. The summed E-state index contributed by atoms with van der Waals surface area (Å²) >= 11 is 9.05. The second-order valence-electron chi connectivity index (χ2n) is 4.28. The standard InChI is InChI=1S/C14H9BrClF4N/c15-11-4-2-9(14(18,19)20)5-13(11)21-7-8-1-3-10(17)6-12(8)16/h1-6,21H,7H2. The first-order chi connectivity index (χ1) is 9.77. The molecule has 0 aliphatic rings. The van der Waals surface area contributed by atoms with Crippen molar-refractivity contribution in [3.63, 3.8) is 0 Å². The lowest BCUT2D eigenvalue weighted by Crippen LogP contribution is -2.07. The van der Waals surface area contributed by atoms with Gasteiger partial charge in [0.15, 0.2) is 0 Å². The third-order valence-corrected chi connectivity index (χ3v) is 3.82. The van der Waals surface area contributed by atoms with Crippen molar-refractivity contribution in [2.24, 2.45) is 0 Å². The van der Waals surface area contributed by atoms with Crippen LogP contribution in [0.25, 0.3) is 0 Å². The minimum atomic E-state index is -4.41. The molecule has 2 aromatic carbocycles. The predicted molar refractivity (Wildman–Crippen MR) is 77.9 cm³/mol. The first kappa shape index (κ1) is 16.1. The number of hydrogen-bond donors (Lipinski definition) is 1. The van der Waals surface area contributed by atoms with Crippen LogP contribution >= 0.6 is 27.5 Å². The molecule has 0 aromatic heterocycles. The van der Waals surface area contributed by atoms with E-state index >= 15 is 0 Å². The van der Waals surface area contributed by atoms with Gasteiger partial charge in [-0.25, -0.2) is 4.39 Å². The monoisotopic (exact) mass is 381 g/mol. The molecule has 21 heavy (non-hydrogen) atoms. The first-order valence-corrected chi connectivity index (χ1v) is 6.99. The van der Waals surface area contributed by atoms with Crippen molar-refractivity contribution in [2.45, 2.75) is 12.7 Å². The van der Waals surface area contributed by atoms with Crippen LogP contribution in [0.3, 0.4) is 0 Å². The molecule has 2 rings (SSSR count). The fourth-order valence-corrected chi connectivity index (χ4v) is 2.31. The zero-order chi connectivity index (χ0) is 15.6. The quantitative estimate of drug-likeness (QED) is 0.654. The maximum atomic E-state index is 12.9. The number of hydrogen-bond acceptors (Lipinski definition) is 1. The minimum Gasteiger partial charge on any atom is -0.380 e. The SMILES string of the molecule is Fc1ccc(CNc2cc(C(F)(F)F)ccc2Br)c(Cl)c1. The number of rotatable bonds is 3. The van der Waals surface area contributed by atoms with Gasteiger partial charge in [0.1, 0.15) is 5.82 Å². The van der Waals surface area contributed by atoms with Crippen LogP contribution in [0, 0.1) is 5.82 Å². The predicted octanol–water partition coefficient (Wildman–Crippen LogP) is 5.87. The molecule has 0 saturated carbocycles. The van der Waals surface area contributed by atoms with E-state index in [4.69, 9.17) is 11.6 Å². The molecule has 1 N–H and O–H groups in total. The highest BCUT2D eigenvalue weighted by Gasteiger charge is 2.30. The molecular formula is C14H9BrClF4N. The summed E-state index contributed by atoms with van der Waals surface area (Å²) < 4.78 is 51.4. The first-order valence-electron chi connectivity index (χ1n) is 5.82. The van der Waals surface area contributed by atoms with Gasteiger partial charge in [-0.15, -0.1) is 0 Å². The van der Waals surface area contributed by atoms with Crippen LogP contribution in [0.4, 0.5) is 23.2 Å². The fraction of sp³-hybridized carbons (Fsp3) is 0.143. The molecule has 112 valence electrons. The van der Waals surface area contributed by atoms with Gasteiger partial charge < -0.3 is 5.32 Å². The molecule has 0 unspecified atom stereocenters. The lowest BCUT2D eigenvalue weighted by atomic mass is 10.1. The summed E-state index contributed by atoms with van der Waals surface area (Å²) in [5, 5.41) is 3.06. The highest BCUT2D eigenvalue weighted by molar-refractivity contribution is 9.10. The van der Waals surface area contributed by atoms with Gasteiger partial charge in [0.05, 0.1) is 5.56 Å². The third-order valence-electron chi connectivity index (χ3n) is 2.78. The van der Waals surface area contributed by atoms with Gasteiger partial charge in [-0.3, -0.25) is 0 Å². The molecule has 7 heteroatoms. The Kier molecular flexibility index (Phi) is 4.78. The van der Waals surface area contributed by atoms with Crippen molar-refractivity contribution in [3.05, 3.63) is 62.8 Å². The summed E-state index contributed by atoms with van der Waals surface area (Å²) in [6.45, 7) is 0.180. The van der Waals surface area contributed by atoms with E-state index in [0.29, 0.717) is 10.0 Å². The van der Waals surface area contributed by atoms with Crippen molar-refractivity contribution in [1.82, 2.24) is 0 Å². The van der Waals surface area contributed by atoms with Gasteiger partial charge in [-0.2, -0.15) is 13.2 Å². The molecule has 0 heterocycles. The van der Waals surface area contributed by atoms with E-state index in [2.05, 4.69) is 21.2 Å². The largest absolute Gasteiger partial charge is 0.416 e. The van der Waals surface area contributed by atoms with E-state index in [1.807, 2.05) is 0 Å². The molecule has 0 amide bonds. The van der Waals surface area contributed by atoms with Gasteiger partial charge in [-0.05, 0) is 51.8 Å². The van der Waals surface area contributed by atoms with E-state index in [1.54, 1.807) is 0 Å². The summed E-state index contributed by atoms with van der Waals surface area (Å²) in [4.78, 5) is 0. The molecule has 2 aromatic rings. The third kappa shape index (κ3) is 4.11. The van der Waals surface area contributed by atoms with Crippen molar-refractivity contribution in [2.75, 3.05) is 5.32 Å². The highest BCUT2D eigenvalue weighted by atomic mass is 79.9. The average Bonchev–Trinajstić information content (AvgIpc) is 2.38. The maximum Gasteiger partial charge on any atom is 0.416 e. The summed E-state index contributed by atoms with van der Waals surface area (Å²) in [5.41, 5.74) is 0.117. The Labute approximate surface area is 132 Å².